The number of aliphatic hydroxyl groups is 1. The Balaban J connectivity index is 1.65. The molecule has 1 aliphatic rings. The Morgan fingerprint density at radius 3 is 2.32 bits per heavy atom. The van der Waals surface area contributed by atoms with Crippen molar-refractivity contribution in [1.29, 1.82) is 0 Å². The zero-order valence-corrected chi connectivity index (χ0v) is 15.2. The Morgan fingerprint density at radius 2 is 1.72 bits per heavy atom. The second-order valence-corrected chi connectivity index (χ2v) is 6.75. The summed E-state index contributed by atoms with van der Waals surface area (Å²) in [6.45, 7) is 6.56. The van der Waals surface area contributed by atoms with Crippen LogP contribution in [0.25, 0.3) is 0 Å². The van der Waals surface area contributed by atoms with E-state index in [1.807, 2.05) is 13.8 Å². The van der Waals surface area contributed by atoms with E-state index in [9.17, 15) is 9.90 Å². The van der Waals surface area contributed by atoms with Gasteiger partial charge >= 0.3 is 0 Å². The van der Waals surface area contributed by atoms with Gasteiger partial charge in [0.05, 0.1) is 0 Å². The van der Waals surface area contributed by atoms with Crippen molar-refractivity contribution in [1.82, 2.24) is 9.88 Å². The molecule has 5 nitrogen and oxygen atoms in total. The van der Waals surface area contributed by atoms with E-state index >= 15 is 0 Å². The van der Waals surface area contributed by atoms with Gasteiger partial charge in [-0.25, -0.2) is 0 Å². The van der Waals surface area contributed by atoms with Gasteiger partial charge in [-0.05, 0) is 32.0 Å². The lowest BCUT2D eigenvalue weighted by molar-refractivity contribution is -0.140. The van der Waals surface area contributed by atoms with E-state index < -0.39 is 6.10 Å². The SMILES string of the molecule is Cc1cc(N2CCN(C(=O)[C@@H](O)c3ccccc3Cl)CC2)cc(C)n1. The highest BCUT2D eigenvalue weighted by molar-refractivity contribution is 6.31. The van der Waals surface area contributed by atoms with Crippen LogP contribution in [-0.2, 0) is 4.79 Å². The third kappa shape index (κ3) is 3.94. The molecule has 0 radical (unpaired) electrons. The quantitative estimate of drug-likeness (QED) is 0.915. The molecule has 1 aromatic heterocycles. The van der Waals surface area contributed by atoms with Gasteiger partial charge in [-0.15, -0.1) is 0 Å². The van der Waals surface area contributed by atoms with Gasteiger partial charge in [0.2, 0.25) is 0 Å². The average molecular weight is 360 g/mol. The van der Waals surface area contributed by atoms with Crippen LogP contribution in [-0.4, -0.2) is 47.1 Å². The van der Waals surface area contributed by atoms with Crippen molar-refractivity contribution in [2.45, 2.75) is 20.0 Å². The van der Waals surface area contributed by atoms with Gasteiger partial charge in [0.15, 0.2) is 6.10 Å². The summed E-state index contributed by atoms with van der Waals surface area (Å²) in [7, 11) is 0. The lowest BCUT2D eigenvalue weighted by atomic mass is 10.1. The van der Waals surface area contributed by atoms with Gasteiger partial charge in [0.1, 0.15) is 0 Å². The third-order valence-electron chi connectivity index (χ3n) is 4.46. The number of anilines is 1. The number of piperazine rings is 1. The van der Waals surface area contributed by atoms with Crippen LogP contribution < -0.4 is 4.90 Å². The van der Waals surface area contributed by atoms with Gasteiger partial charge < -0.3 is 14.9 Å². The number of pyridine rings is 1. The molecule has 0 spiro atoms. The molecule has 1 atom stereocenters. The number of amides is 1. The molecule has 25 heavy (non-hydrogen) atoms. The number of aryl methyl sites for hydroxylation is 2. The molecule has 0 aliphatic carbocycles. The maximum absolute atomic E-state index is 12.6. The average Bonchev–Trinajstić information content (AvgIpc) is 2.60. The van der Waals surface area contributed by atoms with Gasteiger partial charge in [-0.2, -0.15) is 0 Å². The molecule has 2 aromatic rings. The fourth-order valence-corrected chi connectivity index (χ4v) is 3.42. The van der Waals surface area contributed by atoms with Crippen molar-refractivity contribution < 1.29 is 9.90 Å². The van der Waals surface area contributed by atoms with Crippen molar-refractivity contribution in [2.75, 3.05) is 31.1 Å². The number of hydrogen-bond donors (Lipinski definition) is 1. The maximum atomic E-state index is 12.6. The van der Waals surface area contributed by atoms with Crippen LogP contribution in [0.4, 0.5) is 5.69 Å². The first kappa shape index (κ1) is 17.7. The fourth-order valence-electron chi connectivity index (χ4n) is 3.18. The highest BCUT2D eigenvalue weighted by atomic mass is 35.5. The summed E-state index contributed by atoms with van der Waals surface area (Å²) in [5.41, 5.74) is 3.56. The number of nitrogens with zero attached hydrogens (tertiary/aromatic N) is 3. The number of carbonyl (C=O) groups is 1. The topological polar surface area (TPSA) is 56.7 Å². The molecular formula is C19H22ClN3O2. The van der Waals surface area contributed by atoms with Crippen LogP contribution in [0, 0.1) is 13.8 Å². The normalized spacial score (nSPS) is 16.0. The minimum absolute atomic E-state index is 0.296. The zero-order chi connectivity index (χ0) is 18.0. The molecule has 6 heteroatoms. The van der Waals surface area contributed by atoms with Crippen molar-refractivity contribution in [2.24, 2.45) is 0 Å². The summed E-state index contributed by atoms with van der Waals surface area (Å²) < 4.78 is 0. The molecule has 1 amide bonds. The van der Waals surface area contributed by atoms with Crippen LogP contribution in [0.2, 0.25) is 5.02 Å². The Morgan fingerprint density at radius 1 is 1.12 bits per heavy atom. The molecule has 1 saturated heterocycles. The van der Waals surface area contributed by atoms with E-state index in [4.69, 9.17) is 11.6 Å². The van der Waals surface area contributed by atoms with Gasteiger partial charge in [0.25, 0.3) is 5.91 Å². The molecule has 1 aliphatic heterocycles. The van der Waals surface area contributed by atoms with Crippen LogP contribution in [0.1, 0.15) is 23.1 Å². The van der Waals surface area contributed by atoms with Crippen molar-refractivity contribution in [3.63, 3.8) is 0 Å². The van der Waals surface area contributed by atoms with E-state index in [-0.39, 0.29) is 5.91 Å². The highest BCUT2D eigenvalue weighted by Crippen LogP contribution is 2.25. The third-order valence-corrected chi connectivity index (χ3v) is 4.80. The Kier molecular flexibility index (Phi) is 5.25. The molecule has 0 unspecified atom stereocenters. The second-order valence-electron chi connectivity index (χ2n) is 6.34. The Hall–Kier alpha value is -2.11. The predicted molar refractivity (Wildman–Crippen MR) is 98.9 cm³/mol. The van der Waals surface area contributed by atoms with Crippen molar-refractivity contribution in [3.8, 4) is 0 Å². The molecule has 1 aromatic carbocycles. The molecule has 2 heterocycles. The first-order chi connectivity index (χ1) is 12.0. The molecule has 1 fully saturated rings. The minimum atomic E-state index is -1.22. The number of benzene rings is 1. The summed E-state index contributed by atoms with van der Waals surface area (Å²) in [6.07, 6.45) is -1.22. The molecule has 132 valence electrons. The summed E-state index contributed by atoms with van der Waals surface area (Å²) in [5, 5.41) is 10.8. The summed E-state index contributed by atoms with van der Waals surface area (Å²) in [4.78, 5) is 20.9. The fraction of sp³-hybridized carbons (Fsp3) is 0.368. The second kappa shape index (κ2) is 7.42. The number of aromatic nitrogens is 1. The van der Waals surface area contributed by atoms with E-state index in [1.165, 1.54) is 0 Å². The van der Waals surface area contributed by atoms with Gasteiger partial charge in [-0.1, -0.05) is 29.8 Å². The monoisotopic (exact) mass is 359 g/mol. The number of halogens is 1. The summed E-state index contributed by atoms with van der Waals surface area (Å²) in [5.74, 6) is -0.296. The number of rotatable bonds is 3. The number of carbonyl (C=O) groups excluding carboxylic acids is 1. The largest absolute Gasteiger partial charge is 0.378 e. The lowest BCUT2D eigenvalue weighted by Crippen LogP contribution is -2.50. The first-order valence-corrected chi connectivity index (χ1v) is 8.75. The van der Waals surface area contributed by atoms with Crippen LogP contribution >= 0.6 is 11.6 Å². The van der Waals surface area contributed by atoms with E-state index in [0.29, 0.717) is 23.7 Å². The van der Waals surface area contributed by atoms with Crippen molar-refractivity contribution in [3.05, 3.63) is 58.4 Å². The summed E-state index contributed by atoms with van der Waals surface area (Å²) >= 11 is 6.09. The van der Waals surface area contributed by atoms with E-state index in [1.54, 1.807) is 29.2 Å². The predicted octanol–water partition coefficient (Wildman–Crippen LogP) is 2.73. The van der Waals surface area contributed by atoms with Gasteiger partial charge in [0, 0.05) is 53.8 Å². The number of aliphatic hydroxyl groups excluding tert-OH is 1. The smallest absolute Gasteiger partial charge is 0.256 e. The summed E-state index contributed by atoms with van der Waals surface area (Å²) in [6, 6.07) is 11.0. The highest BCUT2D eigenvalue weighted by Gasteiger charge is 2.28. The van der Waals surface area contributed by atoms with Crippen molar-refractivity contribution >= 4 is 23.2 Å². The lowest BCUT2D eigenvalue weighted by Gasteiger charge is -2.37. The number of hydrogen-bond acceptors (Lipinski definition) is 4. The van der Waals surface area contributed by atoms with Gasteiger partial charge in [-0.3, -0.25) is 9.78 Å². The van der Waals surface area contributed by atoms with Crippen LogP contribution in [0.15, 0.2) is 36.4 Å². The van der Waals surface area contributed by atoms with E-state index in [0.717, 1.165) is 30.2 Å². The van der Waals surface area contributed by atoms with Crippen LogP contribution in [0.5, 0.6) is 0 Å². The first-order valence-electron chi connectivity index (χ1n) is 8.37. The van der Waals surface area contributed by atoms with E-state index in [2.05, 4.69) is 22.0 Å². The maximum Gasteiger partial charge on any atom is 0.256 e. The molecule has 3 rings (SSSR count). The Bertz CT molecular complexity index is 753. The standard InChI is InChI=1S/C19H22ClN3O2/c1-13-11-15(12-14(2)21-13)22-7-9-23(10-8-22)19(25)18(24)16-5-3-4-6-17(16)20/h3-6,11-12,18,24H,7-10H2,1-2H3/t18-/m0/s1. The molecule has 0 bridgehead atoms. The Labute approximate surface area is 152 Å². The molecule has 0 saturated carbocycles. The minimum Gasteiger partial charge on any atom is -0.378 e. The van der Waals surface area contributed by atoms with Crippen LogP contribution in [0.3, 0.4) is 0 Å². The molecular weight excluding hydrogens is 338 g/mol. The molecule has 1 N–H and O–H groups in total. The zero-order valence-electron chi connectivity index (χ0n) is 14.4.